The normalized spacial score (nSPS) is 12.2. The summed E-state index contributed by atoms with van der Waals surface area (Å²) in [4.78, 5) is 8.58. The highest BCUT2D eigenvalue weighted by Gasteiger charge is 2.31. The lowest BCUT2D eigenvalue weighted by atomic mass is 9.98. The summed E-state index contributed by atoms with van der Waals surface area (Å²) >= 11 is 0. The van der Waals surface area contributed by atoms with Crippen LogP contribution < -0.4 is 4.74 Å². The molecule has 0 spiro atoms. The number of rotatable bonds is 6. The highest BCUT2D eigenvalue weighted by molar-refractivity contribution is 5.57. The first-order valence-corrected chi connectivity index (χ1v) is 9.88. The van der Waals surface area contributed by atoms with Crippen molar-refractivity contribution in [1.82, 2.24) is 24.9 Å². The fraction of sp³-hybridized carbons (Fsp3) is 0.273. The second-order valence-electron chi connectivity index (χ2n) is 7.81. The standard InChI is InChI=1S/C22H19F4N5O2/c1-13-27-19(29-31(13)12-14-5-4-6-16(11-14)21(2,3)23)20-28-18(30-33-20)15-7-9-17(10-8-15)32-22(24,25)26/h4-11H,12H2,1-3H3. The SMILES string of the molecule is Cc1nc(-c2nc(-c3ccc(OC(F)(F)F)cc3)no2)nn1Cc1cccc(C(C)(C)F)c1. The molecule has 0 N–H and O–H groups in total. The molecule has 0 fully saturated rings. The number of nitrogens with zero attached hydrogens (tertiary/aromatic N) is 5. The lowest BCUT2D eigenvalue weighted by Crippen LogP contribution is -2.16. The molecule has 0 radical (unpaired) electrons. The van der Waals surface area contributed by atoms with Gasteiger partial charge in [0, 0.05) is 5.56 Å². The van der Waals surface area contributed by atoms with Gasteiger partial charge in [0.05, 0.1) is 6.54 Å². The van der Waals surface area contributed by atoms with Gasteiger partial charge in [-0.2, -0.15) is 4.98 Å². The molecule has 172 valence electrons. The molecular formula is C22H19F4N5O2. The number of aryl methyl sites for hydroxylation is 1. The molecule has 33 heavy (non-hydrogen) atoms. The monoisotopic (exact) mass is 461 g/mol. The van der Waals surface area contributed by atoms with Crippen LogP contribution in [-0.2, 0) is 12.2 Å². The van der Waals surface area contributed by atoms with E-state index in [2.05, 4.69) is 25.0 Å². The molecule has 0 saturated carbocycles. The summed E-state index contributed by atoms with van der Waals surface area (Å²) in [5.74, 6) is 0.649. The van der Waals surface area contributed by atoms with Gasteiger partial charge in [-0.1, -0.05) is 29.4 Å². The fourth-order valence-electron chi connectivity index (χ4n) is 3.11. The van der Waals surface area contributed by atoms with E-state index in [1.165, 1.54) is 26.0 Å². The first kappa shape index (κ1) is 22.4. The van der Waals surface area contributed by atoms with E-state index in [-0.39, 0.29) is 23.3 Å². The zero-order valence-electron chi connectivity index (χ0n) is 17.9. The average Bonchev–Trinajstić information content (AvgIpc) is 3.34. The second kappa shape index (κ2) is 8.30. The zero-order chi connectivity index (χ0) is 23.8. The third kappa shape index (κ3) is 5.36. The molecule has 0 aliphatic rings. The van der Waals surface area contributed by atoms with Crippen LogP contribution >= 0.6 is 0 Å². The van der Waals surface area contributed by atoms with Gasteiger partial charge >= 0.3 is 6.36 Å². The summed E-state index contributed by atoms with van der Waals surface area (Å²) in [6.07, 6.45) is -4.77. The van der Waals surface area contributed by atoms with E-state index in [9.17, 15) is 17.6 Å². The number of aromatic nitrogens is 5. The topological polar surface area (TPSA) is 78.9 Å². The van der Waals surface area contributed by atoms with Gasteiger partial charge in [0.2, 0.25) is 11.6 Å². The largest absolute Gasteiger partial charge is 0.573 e. The van der Waals surface area contributed by atoms with Gasteiger partial charge in [-0.3, -0.25) is 0 Å². The molecule has 4 rings (SSSR count). The van der Waals surface area contributed by atoms with Crippen LogP contribution in [0.25, 0.3) is 23.1 Å². The summed E-state index contributed by atoms with van der Waals surface area (Å²) in [5.41, 5.74) is 0.383. The van der Waals surface area contributed by atoms with Crippen LogP contribution in [0.5, 0.6) is 5.75 Å². The molecule has 0 aliphatic heterocycles. The Hall–Kier alpha value is -3.76. The Balaban J connectivity index is 1.52. The minimum absolute atomic E-state index is 0.0566. The molecule has 0 bridgehead atoms. The van der Waals surface area contributed by atoms with Crippen molar-refractivity contribution < 1.29 is 26.8 Å². The van der Waals surface area contributed by atoms with Crippen LogP contribution in [0.3, 0.4) is 0 Å². The van der Waals surface area contributed by atoms with E-state index in [4.69, 9.17) is 4.52 Å². The number of hydrogen-bond donors (Lipinski definition) is 0. The van der Waals surface area contributed by atoms with Crippen LogP contribution in [0.15, 0.2) is 53.1 Å². The lowest BCUT2D eigenvalue weighted by molar-refractivity contribution is -0.274. The maximum Gasteiger partial charge on any atom is 0.573 e. The van der Waals surface area contributed by atoms with Gasteiger partial charge in [-0.05, 0) is 56.2 Å². The van der Waals surface area contributed by atoms with Gasteiger partial charge in [-0.25, -0.2) is 14.1 Å². The van der Waals surface area contributed by atoms with E-state index in [0.29, 0.717) is 23.5 Å². The van der Waals surface area contributed by atoms with E-state index in [0.717, 1.165) is 17.7 Å². The van der Waals surface area contributed by atoms with Gasteiger partial charge in [0.15, 0.2) is 0 Å². The van der Waals surface area contributed by atoms with Crippen LogP contribution in [0.4, 0.5) is 17.6 Å². The summed E-state index contributed by atoms with van der Waals surface area (Å²) in [6.45, 7) is 5.12. The van der Waals surface area contributed by atoms with Gasteiger partial charge in [0.1, 0.15) is 17.2 Å². The van der Waals surface area contributed by atoms with Crippen LogP contribution in [0.2, 0.25) is 0 Å². The van der Waals surface area contributed by atoms with Gasteiger partial charge in [-0.15, -0.1) is 18.3 Å². The van der Waals surface area contributed by atoms with Crippen molar-refractivity contribution >= 4 is 0 Å². The predicted molar refractivity (Wildman–Crippen MR) is 110 cm³/mol. The van der Waals surface area contributed by atoms with Crippen molar-refractivity contribution in [3.63, 3.8) is 0 Å². The van der Waals surface area contributed by atoms with Crippen LogP contribution in [-0.4, -0.2) is 31.3 Å². The highest BCUT2D eigenvalue weighted by Crippen LogP contribution is 2.27. The first-order chi connectivity index (χ1) is 15.5. The van der Waals surface area contributed by atoms with Gasteiger partial charge < -0.3 is 9.26 Å². The van der Waals surface area contributed by atoms with E-state index < -0.39 is 12.0 Å². The Bertz CT molecular complexity index is 1260. The third-order valence-electron chi connectivity index (χ3n) is 4.77. The van der Waals surface area contributed by atoms with Crippen molar-refractivity contribution in [2.75, 3.05) is 0 Å². The summed E-state index contributed by atoms with van der Waals surface area (Å²) in [6, 6.07) is 12.2. The van der Waals surface area contributed by atoms with Crippen molar-refractivity contribution in [2.45, 2.75) is 39.3 Å². The predicted octanol–water partition coefficient (Wildman–Crippen LogP) is 5.46. The van der Waals surface area contributed by atoms with Gasteiger partial charge in [0.25, 0.3) is 5.89 Å². The Kier molecular flexibility index (Phi) is 5.64. The maximum absolute atomic E-state index is 14.3. The second-order valence-corrected chi connectivity index (χ2v) is 7.81. The third-order valence-corrected chi connectivity index (χ3v) is 4.77. The molecule has 7 nitrogen and oxygen atoms in total. The molecule has 0 aliphatic carbocycles. The van der Waals surface area contributed by atoms with Crippen molar-refractivity contribution in [1.29, 1.82) is 0 Å². The zero-order valence-corrected chi connectivity index (χ0v) is 17.9. The van der Waals surface area contributed by atoms with Crippen molar-refractivity contribution in [3.05, 3.63) is 65.5 Å². The maximum atomic E-state index is 14.3. The van der Waals surface area contributed by atoms with E-state index in [1.807, 2.05) is 6.07 Å². The Morgan fingerprint density at radius 1 is 0.970 bits per heavy atom. The molecule has 2 aromatic heterocycles. The summed E-state index contributed by atoms with van der Waals surface area (Å²) in [7, 11) is 0. The number of ether oxygens (including phenoxy) is 1. The molecular weight excluding hydrogens is 442 g/mol. The Morgan fingerprint density at radius 3 is 2.36 bits per heavy atom. The van der Waals surface area contributed by atoms with Crippen LogP contribution in [0.1, 0.15) is 30.8 Å². The number of alkyl halides is 4. The average molecular weight is 461 g/mol. The molecule has 4 aromatic rings. The van der Waals surface area contributed by atoms with E-state index in [1.54, 1.807) is 29.8 Å². The number of benzene rings is 2. The first-order valence-electron chi connectivity index (χ1n) is 9.88. The molecule has 0 atom stereocenters. The highest BCUT2D eigenvalue weighted by atomic mass is 19.4. The minimum atomic E-state index is -4.77. The summed E-state index contributed by atoms with van der Waals surface area (Å²) < 4.78 is 61.9. The molecule has 0 saturated heterocycles. The quantitative estimate of drug-likeness (QED) is 0.355. The van der Waals surface area contributed by atoms with Crippen molar-refractivity contribution in [3.8, 4) is 28.9 Å². The van der Waals surface area contributed by atoms with Crippen molar-refractivity contribution in [2.24, 2.45) is 0 Å². The molecule has 0 unspecified atom stereocenters. The number of hydrogen-bond acceptors (Lipinski definition) is 6. The molecule has 2 heterocycles. The summed E-state index contributed by atoms with van der Waals surface area (Å²) in [5, 5.41) is 8.25. The Labute approximate surface area is 186 Å². The Morgan fingerprint density at radius 2 is 1.70 bits per heavy atom. The molecule has 2 aromatic carbocycles. The van der Waals surface area contributed by atoms with Crippen LogP contribution in [0, 0.1) is 6.92 Å². The van der Waals surface area contributed by atoms with E-state index >= 15 is 0 Å². The molecule has 11 heteroatoms. The molecule has 0 amide bonds. The fourth-order valence-corrected chi connectivity index (χ4v) is 3.11. The lowest BCUT2D eigenvalue weighted by Gasteiger charge is -2.15. The smallest absolute Gasteiger partial charge is 0.406 e. The number of halogens is 4. The minimum Gasteiger partial charge on any atom is -0.406 e.